The Bertz CT molecular complexity index is 4220. The van der Waals surface area contributed by atoms with Crippen molar-refractivity contribution in [1.82, 2.24) is 90.4 Å². The van der Waals surface area contributed by atoms with Gasteiger partial charge in [0.2, 0.25) is 112 Å². The molecule has 0 bridgehead atoms. The van der Waals surface area contributed by atoms with Gasteiger partial charge in [0.15, 0.2) is 0 Å². The van der Waals surface area contributed by atoms with Gasteiger partial charge in [-0.05, 0) is 199 Å². The first-order valence-electron chi connectivity index (χ1n) is 48.9. The SMILES string of the molecule is CC[C@H](C)[C@H](NC(=O)[C@H](CCC(=O)O)NC(=O)[C@@H](NC(=O)[C@H](CCC(N)=O)NC(=O)[C@H](CC(C)C)NC(=O)[C@H](C)NC(=O)[C@H](CO)NC(=O)[C@@H](N)CCCCN)[C@@H](C)O)C(=O)N[C@@H](C)C(=O)N[C@@H](CC(N)=O)C(=O)N[C@@H](CC(C)C)C(=O)N[C@@H](CC(C)C)C(=O)N[C@@H](CCCCN)C(=O)N[C@@H](CCC(=O)O)C(=O)N[C@@H](CCCCN)C(=O)N[C@@H](CCC(=O)O)C(=O)N[C@@H](CCCCN)C(=O)N[C@@H](CC(C)C)C(=O)O. The number of hydrogen-bond donors (Lipinski definition) is 30. The zero-order valence-electron chi connectivity index (χ0n) is 84.9. The first-order chi connectivity index (χ1) is 67.4. The number of carbonyl (C=O) groups excluding carboxylic acids is 19. The number of nitrogens with one attached hydrogen (secondary N) is 17. The van der Waals surface area contributed by atoms with E-state index in [4.69, 9.17) is 40.1 Å². The van der Waals surface area contributed by atoms with Crippen LogP contribution >= 0.6 is 0 Å². The lowest BCUT2D eigenvalue weighted by atomic mass is 9.97. The van der Waals surface area contributed by atoms with Gasteiger partial charge in [0.25, 0.3) is 0 Å². The van der Waals surface area contributed by atoms with Crippen molar-refractivity contribution in [2.45, 2.75) is 372 Å². The fourth-order valence-electron chi connectivity index (χ4n) is 14.4. The molecule has 0 spiro atoms. The van der Waals surface area contributed by atoms with Gasteiger partial charge in [0, 0.05) is 25.7 Å². The molecule has 0 aromatic heterocycles. The molecule has 20 atom stereocenters. The van der Waals surface area contributed by atoms with E-state index in [1.165, 1.54) is 13.8 Å². The molecule has 144 heavy (non-hydrogen) atoms. The number of aliphatic carboxylic acids is 4. The molecule has 53 nitrogen and oxygen atoms in total. The minimum absolute atomic E-state index is 0.00983. The number of amides is 19. The Morgan fingerprint density at radius 1 is 0.257 bits per heavy atom. The summed E-state index contributed by atoms with van der Waals surface area (Å²) in [6.07, 6.45) is -6.40. The Hall–Kier alpha value is -12.5. The summed E-state index contributed by atoms with van der Waals surface area (Å²) in [5, 5.41) is 101. The van der Waals surface area contributed by atoms with Gasteiger partial charge in [0.05, 0.1) is 25.2 Å². The molecule has 0 unspecified atom stereocenters. The standard InChI is InChI=1S/C91H162N24O29/c1-14-49(10)72(114-82(134)60(30-34-71(124)125)107-90(142)73(52(13)117)115-83(135)57(27-31-67(97)118)106-84(136)61(39-45(2)3)108-74(126)50(11)99-88(140)66(44-116)113-76(128)53(96)23-15-19-35-92)89(141)100-51(12)75(127)109-64(43-68(98)119)87(139)111-63(41-47(6)7)86(138)110-62(40-46(4)5)85(137)103-55(25-17-21-37-94)78(130)105-58(28-32-69(120)121)80(132)101-54(24-16-20-36-93)77(129)104-59(29-33-70(122)123)81(133)102-56(26-18-22-38-95)79(131)112-65(91(143)144)42-48(8)9/h45-66,72-73,116-117H,14-44,92-96H2,1-13H3,(H2,97,118)(H2,98,119)(H,99,140)(H,100,141)(H,101,132)(H,102,133)(H,103,137)(H,104,129)(H,105,130)(H,106,136)(H,107,142)(H,108,126)(H,109,127)(H,110,138)(H,111,139)(H,112,131)(H,113,128)(H,114,134)(H,115,135)(H,120,121)(H,122,123)(H,124,125)(H,143,144)/t49-,50-,51-,52+,53-,54-,55-,56-,57-,58-,59-,60-,61-,62-,63-,64-,65-,66-,72-,73-/m0/s1. The number of primary amides is 2. The van der Waals surface area contributed by atoms with Crippen molar-refractivity contribution < 1.29 is 141 Å². The van der Waals surface area contributed by atoms with Crippen LogP contribution in [0, 0.1) is 29.6 Å². The third-order valence-electron chi connectivity index (χ3n) is 22.8. The molecule has 0 aliphatic rings. The summed E-state index contributed by atoms with van der Waals surface area (Å²) >= 11 is 0. The minimum atomic E-state index is -2.06. The Balaban J connectivity index is 7.28. The zero-order chi connectivity index (χ0) is 110. The highest BCUT2D eigenvalue weighted by molar-refractivity contribution is 6.02. The number of carboxylic acid groups (broad SMARTS) is 4. The van der Waals surface area contributed by atoms with Gasteiger partial charge in [0.1, 0.15) is 103 Å². The molecule has 0 fully saturated rings. The van der Waals surface area contributed by atoms with Gasteiger partial charge in [-0.2, -0.15) is 0 Å². The second-order valence-electron chi connectivity index (χ2n) is 37.6. The Morgan fingerprint density at radius 3 is 0.799 bits per heavy atom. The van der Waals surface area contributed by atoms with E-state index in [2.05, 4.69) is 90.4 Å². The lowest BCUT2D eigenvalue weighted by Crippen LogP contribution is -2.62. The summed E-state index contributed by atoms with van der Waals surface area (Å²) in [6.45, 7) is 19.6. The molecular weight excluding hydrogens is 1890 g/mol. The van der Waals surface area contributed by atoms with Crippen LogP contribution in [0.5, 0.6) is 0 Å². The molecule has 820 valence electrons. The molecule has 0 saturated heterocycles. The second kappa shape index (κ2) is 70.3. The largest absolute Gasteiger partial charge is 0.481 e. The summed E-state index contributed by atoms with van der Waals surface area (Å²) < 4.78 is 0. The van der Waals surface area contributed by atoms with E-state index >= 15 is 0 Å². The Labute approximate surface area is 838 Å². The van der Waals surface area contributed by atoms with Gasteiger partial charge in [-0.15, -0.1) is 0 Å². The average molecular weight is 2060 g/mol. The Morgan fingerprint density at radius 2 is 0.500 bits per heavy atom. The van der Waals surface area contributed by atoms with Crippen LogP contribution in [0.15, 0.2) is 0 Å². The van der Waals surface area contributed by atoms with Crippen LogP contribution in [0.4, 0.5) is 0 Å². The molecule has 19 amide bonds. The van der Waals surface area contributed by atoms with Crippen LogP contribution in [-0.4, -0.2) is 314 Å². The number of carbonyl (C=O) groups is 23. The second-order valence-corrected chi connectivity index (χ2v) is 37.6. The highest BCUT2D eigenvalue weighted by Gasteiger charge is 2.42. The quantitative estimate of drug-likeness (QED) is 0.0252. The topological polar surface area (TPSA) is 901 Å². The number of carboxylic acids is 4. The number of aliphatic hydroxyl groups excluding tert-OH is 2. The molecule has 0 rings (SSSR count). The number of aliphatic hydroxyl groups is 2. The van der Waals surface area contributed by atoms with Gasteiger partial charge in [-0.25, -0.2) is 4.79 Å². The molecule has 0 aliphatic heterocycles. The van der Waals surface area contributed by atoms with Crippen LogP contribution in [0.2, 0.25) is 0 Å². The zero-order valence-corrected chi connectivity index (χ0v) is 84.9. The van der Waals surface area contributed by atoms with Crippen LogP contribution in [-0.2, 0) is 110 Å². The smallest absolute Gasteiger partial charge is 0.326 e. The van der Waals surface area contributed by atoms with Crippen LogP contribution in [0.3, 0.4) is 0 Å². The first-order valence-corrected chi connectivity index (χ1v) is 48.9. The lowest BCUT2D eigenvalue weighted by molar-refractivity contribution is -0.143. The third-order valence-corrected chi connectivity index (χ3v) is 22.8. The summed E-state index contributed by atoms with van der Waals surface area (Å²) in [4.78, 5) is 314. The van der Waals surface area contributed by atoms with E-state index in [9.17, 15) is 141 Å². The normalized spacial score (nSPS) is 15.5. The monoisotopic (exact) mass is 2060 g/mol. The molecular formula is C91H162N24O29. The van der Waals surface area contributed by atoms with E-state index in [-0.39, 0.29) is 121 Å². The number of unbranched alkanes of at least 4 members (excludes halogenated alkanes) is 4. The molecule has 0 aliphatic carbocycles. The van der Waals surface area contributed by atoms with Gasteiger partial charge in [-0.3, -0.25) is 105 Å². The predicted molar refractivity (Wildman–Crippen MR) is 520 cm³/mol. The number of nitrogens with two attached hydrogens (primary N) is 7. The van der Waals surface area contributed by atoms with Crippen LogP contribution in [0.1, 0.15) is 257 Å². The molecule has 0 aromatic rings. The molecule has 53 heteroatoms. The lowest BCUT2D eigenvalue weighted by Gasteiger charge is -2.30. The van der Waals surface area contributed by atoms with E-state index < -0.39 is 333 Å². The van der Waals surface area contributed by atoms with Crippen LogP contribution in [0.25, 0.3) is 0 Å². The molecule has 0 heterocycles. The van der Waals surface area contributed by atoms with E-state index in [1.807, 2.05) is 0 Å². The van der Waals surface area contributed by atoms with Gasteiger partial charge < -0.3 is 161 Å². The summed E-state index contributed by atoms with van der Waals surface area (Å²) in [7, 11) is 0. The van der Waals surface area contributed by atoms with Crippen molar-refractivity contribution in [2.24, 2.45) is 69.7 Å². The van der Waals surface area contributed by atoms with E-state index in [1.54, 1.807) is 62.3 Å². The van der Waals surface area contributed by atoms with Crippen molar-refractivity contribution >= 4 is 136 Å². The maximum Gasteiger partial charge on any atom is 0.326 e. The molecule has 37 N–H and O–H groups in total. The van der Waals surface area contributed by atoms with Crippen molar-refractivity contribution in [3.63, 3.8) is 0 Å². The first kappa shape index (κ1) is 132. The van der Waals surface area contributed by atoms with Crippen molar-refractivity contribution in [2.75, 3.05) is 32.8 Å². The minimum Gasteiger partial charge on any atom is -0.481 e. The third kappa shape index (κ3) is 53.7. The highest BCUT2D eigenvalue weighted by Crippen LogP contribution is 2.19. The molecule has 0 radical (unpaired) electrons. The van der Waals surface area contributed by atoms with Crippen molar-refractivity contribution in [3.8, 4) is 0 Å². The Kier molecular flexibility index (Phi) is 64.2. The highest BCUT2D eigenvalue weighted by atomic mass is 16.4. The summed E-state index contributed by atoms with van der Waals surface area (Å²) in [5.41, 5.74) is 39.8. The fourth-order valence-corrected chi connectivity index (χ4v) is 14.4. The molecule has 0 saturated carbocycles. The van der Waals surface area contributed by atoms with Gasteiger partial charge >= 0.3 is 23.9 Å². The van der Waals surface area contributed by atoms with Crippen molar-refractivity contribution in [3.05, 3.63) is 0 Å². The van der Waals surface area contributed by atoms with E-state index in [0.717, 1.165) is 13.8 Å². The average Bonchev–Trinajstić information content (AvgIpc) is 0.844. The van der Waals surface area contributed by atoms with Crippen LogP contribution < -0.4 is 131 Å². The number of hydrogen-bond acceptors (Lipinski definition) is 30. The van der Waals surface area contributed by atoms with Gasteiger partial charge in [-0.1, -0.05) is 82.1 Å². The molecule has 0 aromatic carbocycles. The predicted octanol–water partition coefficient (Wildman–Crippen LogP) is -7.47. The fraction of sp³-hybridized carbons (Fsp3) is 0.747. The maximum atomic E-state index is 14.7. The maximum absolute atomic E-state index is 14.7. The summed E-state index contributed by atoms with van der Waals surface area (Å²) in [5.74, 6) is -28.6. The summed E-state index contributed by atoms with van der Waals surface area (Å²) in [6, 6.07) is -29.2. The number of rotatable bonds is 77. The van der Waals surface area contributed by atoms with E-state index in [0.29, 0.717) is 25.8 Å². The van der Waals surface area contributed by atoms with Crippen molar-refractivity contribution in [1.29, 1.82) is 0 Å².